The standard InChI is InChI=1S/C24H28ClN3O2S.ClH/c1-5-27(6-2)15-16-28(21(29)14-12-18-9-7-8-10-19(18)25)24-26-22-20(30-4)13-11-17(3)23(22)31-24;/h7-14H,5-6,15-16H2,1-4H3;1H. The molecule has 2 aromatic carbocycles. The van der Waals surface area contributed by atoms with Gasteiger partial charge in [-0.05, 0) is 49.3 Å². The van der Waals surface area contributed by atoms with E-state index in [0.29, 0.717) is 22.4 Å². The fraction of sp³-hybridized carbons (Fsp3) is 0.333. The van der Waals surface area contributed by atoms with E-state index < -0.39 is 0 Å². The van der Waals surface area contributed by atoms with Crippen LogP contribution in [0.15, 0.2) is 42.5 Å². The highest BCUT2D eigenvalue weighted by Crippen LogP contribution is 2.36. The molecule has 0 bridgehead atoms. The van der Waals surface area contributed by atoms with Crippen molar-refractivity contribution in [1.82, 2.24) is 9.88 Å². The maximum atomic E-state index is 13.2. The van der Waals surface area contributed by atoms with E-state index in [0.717, 1.165) is 41.0 Å². The summed E-state index contributed by atoms with van der Waals surface area (Å²) in [4.78, 5) is 22.1. The maximum Gasteiger partial charge on any atom is 0.252 e. The molecule has 0 aliphatic rings. The Balaban J connectivity index is 0.00000363. The zero-order valence-electron chi connectivity index (χ0n) is 18.8. The number of likely N-dealkylation sites (N-methyl/N-ethyl adjacent to an activating group) is 1. The second kappa shape index (κ2) is 12.2. The van der Waals surface area contributed by atoms with E-state index in [4.69, 9.17) is 21.3 Å². The molecule has 0 aliphatic carbocycles. The first-order chi connectivity index (χ1) is 15.0. The Kier molecular flexibility index (Phi) is 9.97. The van der Waals surface area contributed by atoms with Crippen molar-refractivity contribution in [2.24, 2.45) is 0 Å². The van der Waals surface area contributed by atoms with E-state index in [9.17, 15) is 4.79 Å². The Labute approximate surface area is 205 Å². The van der Waals surface area contributed by atoms with Crippen LogP contribution in [0.5, 0.6) is 5.75 Å². The minimum Gasteiger partial charge on any atom is -0.494 e. The lowest BCUT2D eigenvalue weighted by atomic mass is 10.2. The van der Waals surface area contributed by atoms with Crippen LogP contribution in [0.3, 0.4) is 0 Å². The molecule has 0 saturated heterocycles. The number of amides is 1. The Morgan fingerprint density at radius 1 is 1.16 bits per heavy atom. The molecule has 8 heteroatoms. The van der Waals surface area contributed by atoms with Crippen LogP contribution in [0.25, 0.3) is 16.3 Å². The molecule has 0 aliphatic heterocycles. The van der Waals surface area contributed by atoms with E-state index in [2.05, 4.69) is 18.7 Å². The highest BCUT2D eigenvalue weighted by molar-refractivity contribution is 7.22. The van der Waals surface area contributed by atoms with Crippen LogP contribution in [0.1, 0.15) is 25.0 Å². The summed E-state index contributed by atoms with van der Waals surface area (Å²) in [5.74, 6) is 0.591. The predicted octanol–water partition coefficient (Wildman–Crippen LogP) is 6.08. The fourth-order valence-corrected chi connectivity index (χ4v) is 4.60. The molecule has 3 rings (SSSR count). The molecule has 0 unspecified atom stereocenters. The van der Waals surface area contributed by atoms with Crippen LogP contribution in [-0.4, -0.2) is 49.1 Å². The number of anilines is 1. The first-order valence-electron chi connectivity index (χ1n) is 10.4. The SMILES string of the molecule is CCN(CC)CCN(C(=O)C=Cc1ccccc1Cl)c1nc2c(OC)ccc(C)c2s1.Cl. The van der Waals surface area contributed by atoms with E-state index in [-0.39, 0.29) is 18.3 Å². The number of methoxy groups -OCH3 is 1. The van der Waals surface area contributed by atoms with Crippen molar-refractivity contribution in [2.45, 2.75) is 20.8 Å². The van der Waals surface area contributed by atoms with Gasteiger partial charge < -0.3 is 9.64 Å². The second-order valence-corrected chi connectivity index (χ2v) is 8.52. The van der Waals surface area contributed by atoms with Crippen molar-refractivity contribution in [3.05, 3.63) is 58.6 Å². The number of carbonyl (C=O) groups is 1. The number of hydrogen-bond donors (Lipinski definition) is 0. The van der Waals surface area contributed by atoms with Gasteiger partial charge in [0.05, 0.1) is 11.8 Å². The van der Waals surface area contributed by atoms with Gasteiger partial charge in [-0.1, -0.05) is 61.1 Å². The van der Waals surface area contributed by atoms with Crippen molar-refractivity contribution in [1.29, 1.82) is 0 Å². The molecule has 0 saturated carbocycles. The zero-order chi connectivity index (χ0) is 22.4. The topological polar surface area (TPSA) is 45.7 Å². The molecule has 0 N–H and O–H groups in total. The molecular weight excluding hydrogens is 465 g/mol. The van der Waals surface area contributed by atoms with Gasteiger partial charge in [0.25, 0.3) is 5.91 Å². The van der Waals surface area contributed by atoms with Crippen LogP contribution in [-0.2, 0) is 4.79 Å². The average molecular weight is 494 g/mol. The molecule has 0 radical (unpaired) electrons. The van der Waals surface area contributed by atoms with Crippen molar-refractivity contribution < 1.29 is 9.53 Å². The van der Waals surface area contributed by atoms with Gasteiger partial charge in [0, 0.05) is 24.2 Å². The van der Waals surface area contributed by atoms with Gasteiger partial charge in [-0.15, -0.1) is 12.4 Å². The van der Waals surface area contributed by atoms with Crippen molar-refractivity contribution in [3.63, 3.8) is 0 Å². The summed E-state index contributed by atoms with van der Waals surface area (Å²) in [7, 11) is 1.64. The summed E-state index contributed by atoms with van der Waals surface area (Å²) in [6.45, 7) is 9.47. The Morgan fingerprint density at radius 3 is 2.53 bits per heavy atom. The lowest BCUT2D eigenvalue weighted by Gasteiger charge is -2.23. The Bertz CT molecular complexity index is 1080. The lowest BCUT2D eigenvalue weighted by molar-refractivity contribution is -0.114. The molecular formula is C24H29Cl2N3O2S. The van der Waals surface area contributed by atoms with Crippen molar-refractivity contribution >= 4 is 62.7 Å². The smallest absolute Gasteiger partial charge is 0.252 e. The van der Waals surface area contributed by atoms with E-state index in [1.165, 1.54) is 11.3 Å². The number of thiazole rings is 1. The molecule has 0 fully saturated rings. The first kappa shape index (κ1) is 26.1. The van der Waals surface area contributed by atoms with Gasteiger partial charge >= 0.3 is 0 Å². The van der Waals surface area contributed by atoms with Crippen LogP contribution in [0.4, 0.5) is 5.13 Å². The van der Waals surface area contributed by atoms with Gasteiger partial charge in [-0.2, -0.15) is 0 Å². The third-order valence-electron chi connectivity index (χ3n) is 5.25. The van der Waals surface area contributed by atoms with Gasteiger partial charge in [-0.25, -0.2) is 4.98 Å². The largest absolute Gasteiger partial charge is 0.494 e. The van der Waals surface area contributed by atoms with Gasteiger partial charge in [0.1, 0.15) is 11.3 Å². The van der Waals surface area contributed by atoms with Crippen molar-refractivity contribution in [2.75, 3.05) is 38.2 Å². The number of hydrogen-bond acceptors (Lipinski definition) is 5. The molecule has 172 valence electrons. The van der Waals surface area contributed by atoms with Gasteiger partial charge in [0.2, 0.25) is 0 Å². The quantitative estimate of drug-likeness (QED) is 0.339. The van der Waals surface area contributed by atoms with Crippen LogP contribution >= 0.6 is 35.3 Å². The number of nitrogens with zero attached hydrogens (tertiary/aromatic N) is 3. The number of rotatable bonds is 9. The summed E-state index contributed by atoms with van der Waals surface area (Å²) in [6, 6.07) is 11.4. The van der Waals surface area contributed by atoms with Gasteiger partial charge in [-0.3, -0.25) is 9.69 Å². The normalized spacial score (nSPS) is 11.2. The number of ether oxygens (including phenoxy) is 1. The van der Waals surface area contributed by atoms with E-state index in [1.54, 1.807) is 24.2 Å². The summed E-state index contributed by atoms with van der Waals surface area (Å²) in [5, 5.41) is 1.28. The molecule has 0 spiro atoms. The molecule has 3 aromatic rings. The minimum atomic E-state index is -0.122. The second-order valence-electron chi connectivity index (χ2n) is 7.13. The highest BCUT2D eigenvalue weighted by Gasteiger charge is 2.21. The average Bonchev–Trinajstić information content (AvgIpc) is 3.22. The van der Waals surface area contributed by atoms with Crippen LogP contribution in [0.2, 0.25) is 5.02 Å². The lowest BCUT2D eigenvalue weighted by Crippen LogP contribution is -2.38. The zero-order valence-corrected chi connectivity index (χ0v) is 21.2. The maximum absolute atomic E-state index is 13.2. The fourth-order valence-electron chi connectivity index (χ4n) is 3.32. The predicted molar refractivity (Wildman–Crippen MR) is 139 cm³/mol. The van der Waals surface area contributed by atoms with Crippen LogP contribution < -0.4 is 9.64 Å². The van der Waals surface area contributed by atoms with Crippen molar-refractivity contribution in [3.8, 4) is 5.75 Å². The highest BCUT2D eigenvalue weighted by atomic mass is 35.5. The molecule has 1 amide bonds. The molecule has 1 aromatic heterocycles. The van der Waals surface area contributed by atoms with E-state index in [1.807, 2.05) is 43.3 Å². The third kappa shape index (κ3) is 6.01. The van der Waals surface area contributed by atoms with Gasteiger partial charge in [0.15, 0.2) is 5.13 Å². The monoisotopic (exact) mass is 493 g/mol. The number of fused-ring (bicyclic) bond motifs is 1. The number of aryl methyl sites for hydroxylation is 1. The van der Waals surface area contributed by atoms with E-state index >= 15 is 0 Å². The number of carbonyl (C=O) groups excluding carboxylic acids is 1. The number of aromatic nitrogens is 1. The molecule has 5 nitrogen and oxygen atoms in total. The molecule has 0 atom stereocenters. The number of benzene rings is 2. The first-order valence-corrected chi connectivity index (χ1v) is 11.6. The Morgan fingerprint density at radius 2 is 1.88 bits per heavy atom. The molecule has 32 heavy (non-hydrogen) atoms. The summed E-state index contributed by atoms with van der Waals surface area (Å²) < 4.78 is 6.52. The molecule has 1 heterocycles. The summed E-state index contributed by atoms with van der Waals surface area (Å²) >= 11 is 7.76. The van der Waals surface area contributed by atoms with Crippen LogP contribution in [0, 0.1) is 6.92 Å². The Hall–Kier alpha value is -2.12. The summed E-state index contributed by atoms with van der Waals surface area (Å²) in [6.07, 6.45) is 3.33. The third-order valence-corrected chi connectivity index (χ3v) is 6.81. The minimum absolute atomic E-state index is 0. The number of halogens is 2. The summed E-state index contributed by atoms with van der Waals surface area (Å²) in [5.41, 5.74) is 2.71.